The van der Waals surface area contributed by atoms with Crippen molar-refractivity contribution in [2.45, 2.75) is 19.1 Å². The van der Waals surface area contributed by atoms with Crippen molar-refractivity contribution in [1.29, 1.82) is 0 Å². The van der Waals surface area contributed by atoms with E-state index < -0.39 is 11.7 Å². The van der Waals surface area contributed by atoms with E-state index in [0.717, 1.165) is 42.0 Å². The Hall–Kier alpha value is -2.17. The van der Waals surface area contributed by atoms with Crippen LogP contribution in [0.3, 0.4) is 0 Å². The van der Waals surface area contributed by atoms with Gasteiger partial charge in [0.1, 0.15) is 0 Å². The summed E-state index contributed by atoms with van der Waals surface area (Å²) in [5, 5.41) is 0. The van der Waals surface area contributed by atoms with Crippen LogP contribution >= 0.6 is 0 Å². The Bertz CT molecular complexity index is 648. The molecule has 0 saturated heterocycles. The fourth-order valence-electron chi connectivity index (χ4n) is 2.67. The van der Waals surface area contributed by atoms with Gasteiger partial charge in [-0.15, -0.1) is 0 Å². The van der Waals surface area contributed by atoms with Crippen LogP contribution in [0.2, 0.25) is 0 Å². The lowest BCUT2D eigenvalue weighted by Gasteiger charge is -2.20. The summed E-state index contributed by atoms with van der Waals surface area (Å²) in [6.45, 7) is 1.47. The summed E-state index contributed by atoms with van der Waals surface area (Å²) < 4.78 is 37.6. The van der Waals surface area contributed by atoms with Crippen LogP contribution in [0.1, 0.15) is 16.7 Å². The second-order valence-corrected chi connectivity index (χ2v) is 5.25. The SMILES string of the molecule is Nc1ccc2c(c1)CCN2Cc1ccc(C(F)(F)F)cc1. The lowest BCUT2D eigenvalue weighted by atomic mass is 10.1. The molecule has 2 aromatic rings. The zero-order valence-electron chi connectivity index (χ0n) is 11.3. The third kappa shape index (κ3) is 2.82. The number of nitrogens with two attached hydrogens (primary N) is 1. The maximum Gasteiger partial charge on any atom is 0.416 e. The van der Waals surface area contributed by atoms with Gasteiger partial charge in [0.25, 0.3) is 0 Å². The molecule has 2 N–H and O–H groups in total. The molecule has 0 atom stereocenters. The van der Waals surface area contributed by atoms with E-state index in [2.05, 4.69) is 4.90 Å². The number of nitrogens with zero attached hydrogens (tertiary/aromatic N) is 1. The van der Waals surface area contributed by atoms with E-state index >= 15 is 0 Å². The number of halogens is 3. The first kappa shape index (κ1) is 13.8. The zero-order valence-corrected chi connectivity index (χ0v) is 11.3. The van der Waals surface area contributed by atoms with E-state index in [1.54, 1.807) is 0 Å². The highest BCUT2D eigenvalue weighted by atomic mass is 19.4. The molecule has 2 aromatic carbocycles. The molecule has 1 heterocycles. The van der Waals surface area contributed by atoms with Gasteiger partial charge in [0.05, 0.1) is 5.56 Å². The van der Waals surface area contributed by atoms with Crippen molar-refractivity contribution in [2.24, 2.45) is 0 Å². The zero-order chi connectivity index (χ0) is 15.0. The van der Waals surface area contributed by atoms with Crippen molar-refractivity contribution in [3.8, 4) is 0 Å². The topological polar surface area (TPSA) is 29.3 Å². The van der Waals surface area contributed by atoms with Gasteiger partial charge in [-0.3, -0.25) is 0 Å². The van der Waals surface area contributed by atoms with Crippen molar-refractivity contribution >= 4 is 11.4 Å². The third-order valence-corrected chi connectivity index (χ3v) is 3.75. The number of alkyl halides is 3. The number of fused-ring (bicyclic) bond motifs is 1. The third-order valence-electron chi connectivity index (χ3n) is 3.75. The molecule has 1 aliphatic heterocycles. The average Bonchev–Trinajstić information content (AvgIpc) is 2.80. The predicted octanol–water partition coefficient (Wildman–Crippen LogP) is 3.85. The summed E-state index contributed by atoms with van der Waals surface area (Å²) in [4.78, 5) is 2.16. The van der Waals surface area contributed by atoms with Crippen molar-refractivity contribution < 1.29 is 13.2 Å². The van der Waals surface area contributed by atoms with Crippen LogP contribution in [-0.4, -0.2) is 6.54 Å². The molecule has 0 aromatic heterocycles. The molecule has 21 heavy (non-hydrogen) atoms. The van der Waals surface area contributed by atoms with Gasteiger partial charge >= 0.3 is 6.18 Å². The number of anilines is 2. The second-order valence-electron chi connectivity index (χ2n) is 5.25. The highest BCUT2D eigenvalue weighted by molar-refractivity contribution is 5.63. The molecule has 0 fully saturated rings. The summed E-state index contributed by atoms with van der Waals surface area (Å²) in [6.07, 6.45) is -3.36. The second kappa shape index (κ2) is 4.98. The van der Waals surface area contributed by atoms with Gasteiger partial charge < -0.3 is 10.6 Å². The van der Waals surface area contributed by atoms with Crippen LogP contribution in [0, 0.1) is 0 Å². The molecule has 0 bridgehead atoms. The fourth-order valence-corrected chi connectivity index (χ4v) is 2.67. The number of nitrogen functional groups attached to an aromatic ring is 1. The lowest BCUT2D eigenvalue weighted by Crippen LogP contribution is -2.19. The van der Waals surface area contributed by atoms with E-state index in [1.807, 2.05) is 18.2 Å². The van der Waals surface area contributed by atoms with Gasteiger partial charge in [0, 0.05) is 24.5 Å². The molecule has 1 aliphatic rings. The van der Waals surface area contributed by atoms with Gasteiger partial charge in [-0.1, -0.05) is 12.1 Å². The fraction of sp³-hybridized carbons (Fsp3) is 0.250. The molecule has 0 saturated carbocycles. The first-order valence-electron chi connectivity index (χ1n) is 6.73. The summed E-state index contributed by atoms with van der Waals surface area (Å²) in [7, 11) is 0. The first-order valence-corrected chi connectivity index (χ1v) is 6.73. The highest BCUT2D eigenvalue weighted by Crippen LogP contribution is 2.32. The summed E-state index contributed by atoms with van der Waals surface area (Å²) in [5.41, 5.74) is 9.07. The monoisotopic (exact) mass is 292 g/mol. The Morgan fingerprint density at radius 2 is 1.76 bits per heavy atom. The van der Waals surface area contributed by atoms with E-state index in [0.29, 0.717) is 6.54 Å². The van der Waals surface area contributed by atoms with E-state index in [4.69, 9.17) is 5.73 Å². The van der Waals surface area contributed by atoms with Crippen LogP contribution in [-0.2, 0) is 19.1 Å². The van der Waals surface area contributed by atoms with Crippen molar-refractivity contribution in [2.75, 3.05) is 17.2 Å². The Morgan fingerprint density at radius 3 is 2.43 bits per heavy atom. The molecule has 3 rings (SSSR count). The molecule has 5 heteroatoms. The van der Waals surface area contributed by atoms with Crippen molar-refractivity contribution in [3.63, 3.8) is 0 Å². The standard InChI is InChI=1S/C16H15F3N2/c17-16(18,19)13-3-1-11(2-4-13)10-21-8-7-12-9-14(20)5-6-15(12)21/h1-6,9H,7-8,10,20H2. The highest BCUT2D eigenvalue weighted by Gasteiger charge is 2.30. The summed E-state index contributed by atoms with van der Waals surface area (Å²) >= 11 is 0. The maximum atomic E-state index is 12.5. The lowest BCUT2D eigenvalue weighted by molar-refractivity contribution is -0.137. The van der Waals surface area contributed by atoms with E-state index in [1.165, 1.54) is 17.7 Å². The van der Waals surface area contributed by atoms with Crippen LogP contribution in [0.15, 0.2) is 42.5 Å². The molecule has 0 radical (unpaired) electrons. The molecular formula is C16H15F3N2. The van der Waals surface area contributed by atoms with Crippen LogP contribution in [0.25, 0.3) is 0 Å². The normalized spacial score (nSPS) is 14.3. The Morgan fingerprint density at radius 1 is 1.05 bits per heavy atom. The smallest absolute Gasteiger partial charge is 0.399 e. The largest absolute Gasteiger partial charge is 0.416 e. The van der Waals surface area contributed by atoms with Crippen LogP contribution in [0.4, 0.5) is 24.5 Å². The predicted molar refractivity (Wildman–Crippen MR) is 77.1 cm³/mol. The molecule has 2 nitrogen and oxygen atoms in total. The number of hydrogen-bond donors (Lipinski definition) is 1. The number of hydrogen-bond acceptors (Lipinski definition) is 2. The minimum Gasteiger partial charge on any atom is -0.399 e. The Labute approximate surface area is 121 Å². The van der Waals surface area contributed by atoms with E-state index in [-0.39, 0.29) is 0 Å². The van der Waals surface area contributed by atoms with Crippen molar-refractivity contribution in [1.82, 2.24) is 0 Å². The molecule has 0 amide bonds. The van der Waals surface area contributed by atoms with Crippen LogP contribution in [0.5, 0.6) is 0 Å². The molecular weight excluding hydrogens is 277 g/mol. The van der Waals surface area contributed by atoms with Gasteiger partial charge in [0.15, 0.2) is 0 Å². The molecule has 110 valence electrons. The average molecular weight is 292 g/mol. The minimum atomic E-state index is -4.28. The molecule has 0 unspecified atom stereocenters. The van der Waals surface area contributed by atoms with Gasteiger partial charge in [-0.25, -0.2) is 0 Å². The summed E-state index contributed by atoms with van der Waals surface area (Å²) in [5.74, 6) is 0. The molecule has 0 spiro atoms. The maximum absolute atomic E-state index is 12.5. The summed E-state index contributed by atoms with van der Waals surface area (Å²) in [6, 6.07) is 11.1. The van der Waals surface area contributed by atoms with Crippen LogP contribution < -0.4 is 10.6 Å². The Balaban J connectivity index is 1.77. The Kier molecular flexibility index (Phi) is 3.27. The first-order chi connectivity index (χ1) is 9.93. The van der Waals surface area contributed by atoms with Crippen molar-refractivity contribution in [3.05, 3.63) is 59.2 Å². The van der Waals surface area contributed by atoms with E-state index in [9.17, 15) is 13.2 Å². The van der Waals surface area contributed by atoms with Gasteiger partial charge in [-0.2, -0.15) is 13.2 Å². The quantitative estimate of drug-likeness (QED) is 0.852. The molecule has 0 aliphatic carbocycles. The number of benzene rings is 2. The minimum absolute atomic E-state index is 0.606. The number of rotatable bonds is 2. The van der Waals surface area contributed by atoms with Gasteiger partial charge in [-0.05, 0) is 47.9 Å². The van der Waals surface area contributed by atoms with Gasteiger partial charge in [0.2, 0.25) is 0 Å².